The number of carbonyl (C=O) groups excluding carboxylic acids is 3. The van der Waals surface area contributed by atoms with Gasteiger partial charge in [0.05, 0.1) is 0 Å². The number of hydrogen-bond donors (Lipinski definition) is 3. The number of carbonyl (C=O) groups is 3. The Balaban J connectivity index is 2.55. The molecule has 8 nitrogen and oxygen atoms in total. The summed E-state index contributed by atoms with van der Waals surface area (Å²) in [4.78, 5) is 36.5. The minimum absolute atomic E-state index is 0.162. The van der Waals surface area contributed by atoms with Crippen molar-refractivity contribution in [1.29, 1.82) is 0 Å². The number of ketones is 1. The number of rotatable bonds is 3. The zero-order valence-corrected chi connectivity index (χ0v) is 18.8. The zero-order chi connectivity index (χ0) is 25.6. The molecule has 2 rings (SSSR count). The van der Waals surface area contributed by atoms with Crippen molar-refractivity contribution >= 4 is 29.5 Å². The average Bonchev–Trinajstić information content (AvgIpc) is 2.74. The van der Waals surface area contributed by atoms with Crippen molar-refractivity contribution in [3.05, 3.63) is 41.5 Å². The maximum Gasteiger partial charge on any atom is 0.490 e. The number of ether oxygens (including phenoxy) is 2. The molecule has 0 radical (unpaired) electrons. The van der Waals surface area contributed by atoms with Gasteiger partial charge in [-0.3, -0.25) is 4.79 Å². The van der Waals surface area contributed by atoms with Gasteiger partial charge in [0.2, 0.25) is 0 Å². The highest BCUT2D eigenvalue weighted by Crippen LogP contribution is 2.30. The highest BCUT2D eigenvalue weighted by Gasteiger charge is 2.43. The summed E-state index contributed by atoms with van der Waals surface area (Å²) >= 11 is 0. The Hall–Kier alpha value is -3.34. The molecule has 0 bridgehead atoms. The van der Waals surface area contributed by atoms with E-state index >= 15 is 0 Å². The number of nitrogens with one attached hydrogen (secondary N) is 1. The molecular formula is C23H26F3NO7. The molecule has 0 saturated carbocycles. The summed E-state index contributed by atoms with van der Waals surface area (Å²) in [7, 11) is 0. The van der Waals surface area contributed by atoms with Gasteiger partial charge in [-0.2, -0.15) is 13.2 Å². The number of aliphatic hydroxyl groups excluding tert-OH is 1. The summed E-state index contributed by atoms with van der Waals surface area (Å²) in [6.07, 6.45) is -5.75. The normalized spacial score (nSPS) is 26.0. The van der Waals surface area contributed by atoms with Gasteiger partial charge in [0.15, 0.2) is 11.9 Å². The van der Waals surface area contributed by atoms with Crippen molar-refractivity contribution in [2.45, 2.75) is 51.7 Å². The van der Waals surface area contributed by atoms with Gasteiger partial charge in [-0.25, -0.2) is 9.59 Å². The summed E-state index contributed by atoms with van der Waals surface area (Å²) in [5.41, 5.74) is 0.436. The molecule has 0 aliphatic carbocycles. The lowest BCUT2D eigenvalue weighted by molar-refractivity contribution is -0.208. The van der Waals surface area contributed by atoms with Gasteiger partial charge in [0.1, 0.15) is 23.5 Å². The van der Waals surface area contributed by atoms with E-state index in [-0.39, 0.29) is 16.9 Å². The smallest absolute Gasteiger partial charge is 0.490 e. The fraction of sp³-hybridized carbons (Fsp3) is 0.435. The van der Waals surface area contributed by atoms with Gasteiger partial charge < -0.3 is 25.0 Å². The molecule has 1 aromatic rings. The second-order valence-electron chi connectivity index (χ2n) is 7.75. The number of aromatic hydroxyl groups is 1. The van der Waals surface area contributed by atoms with Crippen molar-refractivity contribution in [1.82, 2.24) is 0 Å². The Labute approximate surface area is 194 Å². The molecule has 0 spiro atoms. The number of anilines is 1. The molecule has 1 aromatic carbocycles. The predicted octanol–water partition coefficient (Wildman–Crippen LogP) is 3.38. The van der Waals surface area contributed by atoms with Crippen LogP contribution in [0.1, 0.15) is 43.1 Å². The molecule has 1 unspecified atom stereocenters. The van der Waals surface area contributed by atoms with Gasteiger partial charge in [-0.05, 0) is 31.6 Å². The van der Waals surface area contributed by atoms with Crippen molar-refractivity contribution in [2.75, 3.05) is 11.9 Å². The zero-order valence-electron chi connectivity index (χ0n) is 18.8. The largest absolute Gasteiger partial charge is 0.507 e. The number of esters is 2. The van der Waals surface area contributed by atoms with Crippen LogP contribution in [0.5, 0.6) is 5.75 Å². The van der Waals surface area contributed by atoms with Crippen molar-refractivity contribution in [3.63, 3.8) is 0 Å². The number of alkyl halides is 3. The quantitative estimate of drug-likeness (QED) is 0.557. The van der Waals surface area contributed by atoms with Crippen LogP contribution in [-0.4, -0.2) is 59.0 Å². The van der Waals surface area contributed by atoms with E-state index in [0.717, 1.165) is 6.08 Å². The van der Waals surface area contributed by atoms with E-state index in [4.69, 9.17) is 4.74 Å². The second kappa shape index (κ2) is 11.2. The molecule has 1 heterocycles. The molecule has 34 heavy (non-hydrogen) atoms. The highest BCUT2D eigenvalue weighted by atomic mass is 19.4. The highest BCUT2D eigenvalue weighted by molar-refractivity contribution is 5.98. The summed E-state index contributed by atoms with van der Waals surface area (Å²) in [5.74, 6) is -5.32. The Morgan fingerprint density at radius 1 is 1.24 bits per heavy atom. The Bertz CT molecular complexity index is 988. The van der Waals surface area contributed by atoms with Crippen LogP contribution in [0.3, 0.4) is 0 Å². The molecule has 4 atom stereocenters. The van der Waals surface area contributed by atoms with Crippen molar-refractivity contribution in [3.8, 4) is 5.75 Å². The molecule has 3 N–H and O–H groups in total. The fourth-order valence-corrected chi connectivity index (χ4v) is 3.10. The first-order chi connectivity index (χ1) is 15.8. The lowest BCUT2D eigenvalue weighted by atomic mass is 9.99. The maximum atomic E-state index is 12.8. The molecule has 1 aliphatic heterocycles. The van der Waals surface area contributed by atoms with Crippen molar-refractivity contribution < 1.29 is 47.2 Å². The van der Waals surface area contributed by atoms with Crippen LogP contribution in [0.15, 0.2) is 30.4 Å². The Morgan fingerprint density at radius 2 is 1.91 bits per heavy atom. The topological polar surface area (TPSA) is 122 Å². The molecule has 11 heteroatoms. The van der Waals surface area contributed by atoms with Crippen LogP contribution < -0.4 is 5.32 Å². The summed E-state index contributed by atoms with van der Waals surface area (Å²) in [6, 6.07) is 2.83. The molecular weight excluding hydrogens is 459 g/mol. The molecule has 186 valence electrons. The van der Waals surface area contributed by atoms with Crippen LogP contribution in [0.25, 0.3) is 6.08 Å². The number of phenolic OH excluding ortho intramolecular Hbond substituents is 1. The standard InChI is InChI=1S/C23H26F3NO7/c1-4-27-15-10-14-6-5-7-18(34-22(32)23(24,25)26)20(30)16(28)9-8-12(2)13(3)33-21(31)19(14)17(29)11-15/h5-6,8-13,18,20,27,29-30H,4,7H2,1-3H3/b6-5+,9-8-/t12-,13+,18+,20?/m1/s1. The van der Waals surface area contributed by atoms with Crippen LogP contribution in [0.4, 0.5) is 18.9 Å². The van der Waals surface area contributed by atoms with Gasteiger partial charge in [-0.15, -0.1) is 0 Å². The van der Waals surface area contributed by atoms with Crippen LogP contribution >= 0.6 is 0 Å². The van der Waals surface area contributed by atoms with E-state index in [2.05, 4.69) is 10.1 Å². The SMILES string of the molecule is CCNc1cc(O)c2c(c1)/C=C/C[C@H](OC(=O)C(F)(F)F)C(O)C(=O)/C=C\[C@@H](C)[C@H](C)OC2=O. The van der Waals surface area contributed by atoms with E-state index in [1.807, 2.05) is 6.92 Å². The number of halogens is 3. The molecule has 1 aliphatic rings. The van der Waals surface area contributed by atoms with E-state index in [1.165, 1.54) is 30.4 Å². The number of cyclic esters (lactones) is 1. The first-order valence-electron chi connectivity index (χ1n) is 10.5. The van der Waals surface area contributed by atoms with E-state index in [0.29, 0.717) is 12.2 Å². The van der Waals surface area contributed by atoms with Gasteiger partial charge in [0, 0.05) is 30.6 Å². The average molecular weight is 485 g/mol. The number of hydrogen-bond acceptors (Lipinski definition) is 8. The number of fused-ring (bicyclic) bond motifs is 1. The van der Waals surface area contributed by atoms with Crippen LogP contribution in [0.2, 0.25) is 0 Å². The van der Waals surface area contributed by atoms with E-state index < -0.39 is 54.5 Å². The lowest BCUT2D eigenvalue weighted by Crippen LogP contribution is -2.40. The van der Waals surface area contributed by atoms with Gasteiger partial charge >= 0.3 is 18.1 Å². The number of benzene rings is 1. The number of aliphatic hydroxyl groups is 1. The first-order valence-corrected chi connectivity index (χ1v) is 10.5. The maximum absolute atomic E-state index is 12.8. The van der Waals surface area contributed by atoms with E-state index in [1.54, 1.807) is 13.8 Å². The summed E-state index contributed by atoms with van der Waals surface area (Å²) in [5, 5.41) is 23.7. The molecule has 0 saturated heterocycles. The molecule has 0 amide bonds. The van der Waals surface area contributed by atoms with Gasteiger partial charge in [0.25, 0.3) is 0 Å². The lowest BCUT2D eigenvalue weighted by Gasteiger charge is -2.22. The monoisotopic (exact) mass is 485 g/mol. The van der Waals surface area contributed by atoms with Crippen LogP contribution in [-0.2, 0) is 19.1 Å². The number of phenols is 1. The molecule has 0 fully saturated rings. The minimum Gasteiger partial charge on any atom is -0.507 e. The Kier molecular flexibility index (Phi) is 8.86. The second-order valence-corrected chi connectivity index (χ2v) is 7.75. The van der Waals surface area contributed by atoms with E-state index in [9.17, 15) is 37.8 Å². The van der Waals surface area contributed by atoms with Crippen molar-refractivity contribution in [2.24, 2.45) is 5.92 Å². The fourth-order valence-electron chi connectivity index (χ4n) is 3.10. The Morgan fingerprint density at radius 3 is 2.53 bits per heavy atom. The van der Waals surface area contributed by atoms with Gasteiger partial charge in [-0.1, -0.05) is 25.2 Å². The third-order valence-corrected chi connectivity index (χ3v) is 5.13. The third-order valence-electron chi connectivity index (χ3n) is 5.13. The minimum atomic E-state index is -5.33. The molecule has 0 aromatic heterocycles. The third kappa shape index (κ3) is 6.83. The first kappa shape index (κ1) is 26.9. The predicted molar refractivity (Wildman–Crippen MR) is 116 cm³/mol. The summed E-state index contributed by atoms with van der Waals surface area (Å²) < 4.78 is 47.9. The van der Waals surface area contributed by atoms with Crippen LogP contribution in [0, 0.1) is 5.92 Å². The summed E-state index contributed by atoms with van der Waals surface area (Å²) in [6.45, 7) is 5.46.